The first kappa shape index (κ1) is 18.7. The Morgan fingerprint density at radius 3 is 2.24 bits per heavy atom. The summed E-state index contributed by atoms with van der Waals surface area (Å²) < 4.78 is 12.1. The van der Waals surface area contributed by atoms with Crippen LogP contribution in [0.15, 0.2) is 18.2 Å². The van der Waals surface area contributed by atoms with E-state index in [4.69, 9.17) is 20.9 Å². The van der Waals surface area contributed by atoms with E-state index >= 15 is 0 Å². The fourth-order valence-electron chi connectivity index (χ4n) is 3.21. The minimum absolute atomic E-state index is 0.0115. The van der Waals surface area contributed by atoms with Crippen molar-refractivity contribution in [2.45, 2.75) is 58.7 Å². The van der Waals surface area contributed by atoms with Gasteiger partial charge in [0.05, 0.1) is 21.8 Å². The summed E-state index contributed by atoms with van der Waals surface area (Å²) in [7, 11) is -0.470. The van der Waals surface area contributed by atoms with Gasteiger partial charge in [-0.05, 0) is 64.1 Å². The number of amides is 1. The number of carbonyl (C=O) groups is 1. The van der Waals surface area contributed by atoms with Gasteiger partial charge in [-0.2, -0.15) is 0 Å². The van der Waals surface area contributed by atoms with Crippen molar-refractivity contribution < 1.29 is 14.1 Å². The molecule has 3 rings (SSSR count). The molecule has 0 aromatic heterocycles. The number of nitrogens with zero attached hydrogens (tertiary/aromatic N) is 1. The van der Waals surface area contributed by atoms with Crippen LogP contribution < -0.4 is 5.46 Å². The highest BCUT2D eigenvalue weighted by atomic mass is 35.5. The van der Waals surface area contributed by atoms with Gasteiger partial charge in [0.1, 0.15) is 0 Å². The first-order chi connectivity index (χ1) is 11.6. The van der Waals surface area contributed by atoms with Crippen molar-refractivity contribution in [3.05, 3.63) is 28.8 Å². The maximum Gasteiger partial charge on any atom is 0.494 e. The molecule has 0 radical (unpaired) electrons. The predicted molar refractivity (Wildman–Crippen MR) is 101 cm³/mol. The normalized spacial score (nSPS) is 23.1. The lowest BCUT2D eigenvalue weighted by molar-refractivity contribution is 0.00578. The topological polar surface area (TPSA) is 38.8 Å². The Kier molecular flexibility index (Phi) is 4.95. The van der Waals surface area contributed by atoms with E-state index < -0.39 is 18.3 Å². The zero-order chi connectivity index (χ0) is 18.4. The third kappa shape index (κ3) is 3.60. The molecule has 1 aromatic carbocycles. The Morgan fingerprint density at radius 2 is 1.72 bits per heavy atom. The molecule has 0 aliphatic carbocycles. The smallest absolute Gasteiger partial charge is 0.399 e. The number of carbonyl (C=O) groups excluding carboxylic acids is 1. The van der Waals surface area contributed by atoms with Gasteiger partial charge in [0.25, 0.3) is 5.91 Å². The summed E-state index contributed by atoms with van der Waals surface area (Å²) in [6, 6.07) is 5.47. The second-order valence-corrected chi connectivity index (χ2v) is 8.71. The molecule has 0 unspecified atom stereocenters. The van der Waals surface area contributed by atoms with E-state index in [1.807, 2.05) is 38.7 Å². The van der Waals surface area contributed by atoms with Crippen LogP contribution in [0.25, 0.3) is 0 Å². The van der Waals surface area contributed by atoms with Gasteiger partial charge < -0.3 is 14.2 Å². The van der Waals surface area contributed by atoms with Crippen LogP contribution in [0.2, 0.25) is 5.02 Å². The molecule has 1 amide bonds. The van der Waals surface area contributed by atoms with Gasteiger partial charge in [-0.25, -0.2) is 0 Å². The standard InChI is InChI=1S/C19H27BClNO3/c1-13-8-10-22(11-9-13)17(23)15-7-6-14(12-16(15)21)20-24-18(2,3)19(4,5)25-20/h6-7,12-13H,8-11H2,1-5H3. The Morgan fingerprint density at radius 1 is 1.16 bits per heavy atom. The van der Waals surface area contributed by atoms with E-state index in [0.29, 0.717) is 16.5 Å². The van der Waals surface area contributed by atoms with Crippen LogP contribution in [-0.2, 0) is 9.31 Å². The Bertz CT molecular complexity index is 653. The van der Waals surface area contributed by atoms with E-state index in [9.17, 15) is 4.79 Å². The summed E-state index contributed by atoms with van der Waals surface area (Å²) >= 11 is 6.43. The van der Waals surface area contributed by atoms with Crippen molar-refractivity contribution in [1.82, 2.24) is 4.90 Å². The molecule has 1 aromatic rings. The Labute approximate surface area is 156 Å². The first-order valence-corrected chi connectivity index (χ1v) is 9.43. The molecule has 0 saturated carbocycles. The van der Waals surface area contributed by atoms with Crippen molar-refractivity contribution in [2.75, 3.05) is 13.1 Å². The molecule has 2 heterocycles. The zero-order valence-corrected chi connectivity index (χ0v) is 16.5. The number of halogens is 1. The minimum atomic E-state index is -0.470. The van der Waals surface area contributed by atoms with Crippen molar-refractivity contribution in [3.63, 3.8) is 0 Å². The molecule has 2 aliphatic rings. The SMILES string of the molecule is CC1CCN(C(=O)c2ccc(B3OC(C)(C)C(C)(C)O3)cc2Cl)CC1. The van der Waals surface area contributed by atoms with Gasteiger partial charge in [-0.15, -0.1) is 0 Å². The monoisotopic (exact) mass is 363 g/mol. The van der Waals surface area contributed by atoms with Crippen LogP contribution in [0, 0.1) is 5.92 Å². The van der Waals surface area contributed by atoms with Gasteiger partial charge in [-0.3, -0.25) is 4.79 Å². The summed E-state index contributed by atoms with van der Waals surface area (Å²) in [5, 5.41) is 0.454. The van der Waals surface area contributed by atoms with Crippen LogP contribution in [0.4, 0.5) is 0 Å². The number of hydrogen-bond donors (Lipinski definition) is 0. The van der Waals surface area contributed by atoms with Crippen molar-refractivity contribution in [2.24, 2.45) is 5.92 Å². The van der Waals surface area contributed by atoms with Crippen LogP contribution in [0.1, 0.15) is 57.8 Å². The average Bonchev–Trinajstić information content (AvgIpc) is 2.75. The fraction of sp³-hybridized carbons (Fsp3) is 0.632. The number of likely N-dealkylation sites (tertiary alicyclic amines) is 1. The molecule has 136 valence electrons. The zero-order valence-electron chi connectivity index (χ0n) is 15.8. The largest absolute Gasteiger partial charge is 0.494 e. The van der Waals surface area contributed by atoms with Crippen LogP contribution in [0.3, 0.4) is 0 Å². The van der Waals surface area contributed by atoms with Gasteiger partial charge >= 0.3 is 7.12 Å². The molecule has 0 atom stereocenters. The highest BCUT2D eigenvalue weighted by Gasteiger charge is 2.51. The molecule has 0 spiro atoms. The first-order valence-electron chi connectivity index (χ1n) is 9.05. The minimum Gasteiger partial charge on any atom is -0.399 e. The molecule has 0 bridgehead atoms. The van der Waals surface area contributed by atoms with Gasteiger partial charge in [0, 0.05) is 13.1 Å². The predicted octanol–water partition coefficient (Wildman–Crippen LogP) is 3.51. The van der Waals surface area contributed by atoms with Gasteiger partial charge in [0.15, 0.2) is 0 Å². The van der Waals surface area contributed by atoms with Gasteiger partial charge in [0.2, 0.25) is 0 Å². The molecule has 6 heteroatoms. The number of hydrogen-bond acceptors (Lipinski definition) is 3. The quantitative estimate of drug-likeness (QED) is 0.755. The lowest BCUT2D eigenvalue weighted by atomic mass is 9.79. The second kappa shape index (κ2) is 6.60. The number of rotatable bonds is 2. The number of piperidine rings is 1. The third-order valence-corrected chi connectivity index (χ3v) is 6.13. The molecule has 2 aliphatic heterocycles. The van der Waals surface area contributed by atoms with E-state index in [-0.39, 0.29) is 5.91 Å². The van der Waals surface area contributed by atoms with E-state index in [0.717, 1.165) is 31.4 Å². The molecular weight excluding hydrogens is 336 g/mol. The molecule has 0 N–H and O–H groups in total. The molecule has 2 fully saturated rings. The average molecular weight is 364 g/mol. The van der Waals surface area contributed by atoms with Crippen molar-refractivity contribution in [1.29, 1.82) is 0 Å². The summed E-state index contributed by atoms with van der Waals surface area (Å²) in [6.45, 7) is 11.9. The third-order valence-electron chi connectivity index (χ3n) is 5.82. The highest BCUT2D eigenvalue weighted by molar-refractivity contribution is 6.62. The van der Waals surface area contributed by atoms with Crippen LogP contribution in [0.5, 0.6) is 0 Å². The maximum absolute atomic E-state index is 12.7. The Hall–Kier alpha value is -1.04. The van der Waals surface area contributed by atoms with E-state index in [1.54, 1.807) is 12.1 Å². The fourth-order valence-corrected chi connectivity index (χ4v) is 3.48. The molecular formula is C19H27BClNO3. The summed E-state index contributed by atoms with van der Waals surface area (Å²) in [6.07, 6.45) is 2.10. The lowest BCUT2D eigenvalue weighted by Crippen LogP contribution is -2.41. The lowest BCUT2D eigenvalue weighted by Gasteiger charge is -2.32. The molecule has 2 saturated heterocycles. The van der Waals surface area contributed by atoms with E-state index in [2.05, 4.69) is 6.92 Å². The summed E-state index contributed by atoms with van der Waals surface area (Å²) in [5.74, 6) is 0.697. The molecule has 4 nitrogen and oxygen atoms in total. The highest BCUT2D eigenvalue weighted by Crippen LogP contribution is 2.36. The number of benzene rings is 1. The van der Waals surface area contributed by atoms with Crippen LogP contribution in [-0.4, -0.2) is 42.2 Å². The Balaban J connectivity index is 1.77. The summed E-state index contributed by atoms with van der Waals surface area (Å²) in [4.78, 5) is 14.6. The van der Waals surface area contributed by atoms with E-state index in [1.165, 1.54) is 0 Å². The second-order valence-electron chi connectivity index (χ2n) is 8.30. The molecule has 25 heavy (non-hydrogen) atoms. The van der Waals surface area contributed by atoms with Crippen molar-refractivity contribution >= 4 is 30.1 Å². The maximum atomic E-state index is 12.7. The van der Waals surface area contributed by atoms with Crippen LogP contribution >= 0.6 is 11.6 Å². The summed E-state index contributed by atoms with van der Waals surface area (Å²) in [5.41, 5.74) is 0.593. The van der Waals surface area contributed by atoms with Gasteiger partial charge in [-0.1, -0.05) is 24.6 Å². The van der Waals surface area contributed by atoms with Crippen molar-refractivity contribution in [3.8, 4) is 0 Å².